The van der Waals surface area contributed by atoms with Gasteiger partial charge in [-0.2, -0.15) is 0 Å². The number of hydrogen-bond acceptors (Lipinski definition) is 3. The van der Waals surface area contributed by atoms with Gasteiger partial charge in [0.2, 0.25) is 0 Å². The summed E-state index contributed by atoms with van der Waals surface area (Å²) in [5.74, 6) is -0.0932. The summed E-state index contributed by atoms with van der Waals surface area (Å²) in [6.45, 7) is 2.93. The van der Waals surface area contributed by atoms with Gasteiger partial charge in [0.15, 0.2) is 6.10 Å². The molecule has 4 heteroatoms. The highest BCUT2D eigenvalue weighted by molar-refractivity contribution is 5.72. The summed E-state index contributed by atoms with van der Waals surface area (Å²) in [7, 11) is 0. The van der Waals surface area contributed by atoms with Crippen molar-refractivity contribution in [1.82, 2.24) is 0 Å². The second-order valence-electron chi connectivity index (χ2n) is 8.24. The zero-order valence-electron chi connectivity index (χ0n) is 19.2. The van der Waals surface area contributed by atoms with Gasteiger partial charge in [0.05, 0.1) is 6.61 Å². The Hall–Kier alpha value is -1.55. The molecule has 0 amide bonds. The van der Waals surface area contributed by atoms with Gasteiger partial charge >= 0.3 is 5.97 Å². The molecule has 0 fully saturated rings. The van der Waals surface area contributed by atoms with Crippen LogP contribution in [-0.2, 0) is 9.53 Å². The minimum absolute atomic E-state index is 0.296. The largest absolute Gasteiger partial charge is 0.491 e. The number of aliphatic carboxylic acids is 1. The van der Waals surface area contributed by atoms with Crippen molar-refractivity contribution in [2.24, 2.45) is 0 Å². The summed E-state index contributed by atoms with van der Waals surface area (Å²) in [5, 5.41) is 9.33. The van der Waals surface area contributed by atoms with Gasteiger partial charge in [-0.1, -0.05) is 115 Å². The van der Waals surface area contributed by atoms with Gasteiger partial charge in [0.25, 0.3) is 0 Å². The molecule has 1 unspecified atom stereocenters. The summed E-state index contributed by atoms with van der Waals surface area (Å²) < 4.78 is 11.1. The van der Waals surface area contributed by atoms with Crippen LogP contribution >= 0.6 is 0 Å². The van der Waals surface area contributed by atoms with Gasteiger partial charge in [-0.3, -0.25) is 0 Å². The predicted molar refractivity (Wildman–Crippen MR) is 124 cm³/mol. The number of carboxylic acid groups (broad SMARTS) is 1. The van der Waals surface area contributed by atoms with Gasteiger partial charge in [0, 0.05) is 0 Å². The zero-order chi connectivity index (χ0) is 21.7. The van der Waals surface area contributed by atoms with E-state index >= 15 is 0 Å². The summed E-state index contributed by atoms with van der Waals surface area (Å²) in [6, 6.07) is 9.50. The van der Waals surface area contributed by atoms with Crippen LogP contribution in [0.5, 0.6) is 5.75 Å². The van der Waals surface area contributed by atoms with E-state index in [4.69, 9.17) is 9.47 Å². The van der Waals surface area contributed by atoms with Crippen molar-refractivity contribution in [2.45, 2.75) is 109 Å². The SMILES string of the molecule is CCCCCCCCCCCCCCCCC(OCCOc1ccccc1)C(=O)O. The lowest BCUT2D eigenvalue weighted by molar-refractivity contribution is -0.151. The molecule has 0 bridgehead atoms. The molecule has 0 saturated heterocycles. The Morgan fingerprint density at radius 2 is 1.27 bits per heavy atom. The zero-order valence-corrected chi connectivity index (χ0v) is 19.2. The highest BCUT2D eigenvalue weighted by Gasteiger charge is 2.17. The van der Waals surface area contributed by atoms with Gasteiger partial charge in [-0.15, -0.1) is 0 Å². The Morgan fingerprint density at radius 1 is 0.767 bits per heavy atom. The molecule has 4 nitrogen and oxygen atoms in total. The van der Waals surface area contributed by atoms with Crippen molar-refractivity contribution in [3.05, 3.63) is 30.3 Å². The second kappa shape index (κ2) is 19.4. The van der Waals surface area contributed by atoms with Crippen LogP contribution in [0, 0.1) is 0 Å². The second-order valence-corrected chi connectivity index (χ2v) is 8.24. The molecule has 0 radical (unpaired) electrons. The number of rotatable bonds is 21. The summed E-state index contributed by atoms with van der Waals surface area (Å²) in [4.78, 5) is 11.4. The standard InChI is InChI=1S/C26H44O4/c1-2-3-4-5-6-7-8-9-10-11-12-13-14-18-21-25(26(27)28)30-23-22-29-24-19-16-15-17-20-24/h15-17,19-20,25H,2-14,18,21-23H2,1H3,(H,27,28). The van der Waals surface area contributed by atoms with E-state index in [9.17, 15) is 9.90 Å². The van der Waals surface area contributed by atoms with Crippen molar-refractivity contribution in [3.8, 4) is 5.75 Å². The Morgan fingerprint density at radius 3 is 1.77 bits per heavy atom. The van der Waals surface area contributed by atoms with Crippen LogP contribution in [-0.4, -0.2) is 30.4 Å². The lowest BCUT2D eigenvalue weighted by Gasteiger charge is -2.14. The fourth-order valence-corrected chi connectivity index (χ4v) is 3.67. The third-order valence-electron chi connectivity index (χ3n) is 5.51. The molecule has 0 aliphatic heterocycles. The lowest BCUT2D eigenvalue weighted by atomic mass is 10.0. The van der Waals surface area contributed by atoms with Crippen molar-refractivity contribution in [2.75, 3.05) is 13.2 Å². The van der Waals surface area contributed by atoms with Crippen LogP contribution in [0.2, 0.25) is 0 Å². The minimum Gasteiger partial charge on any atom is -0.491 e. The molecule has 1 rings (SSSR count). The summed E-state index contributed by atoms with van der Waals surface area (Å²) >= 11 is 0. The van der Waals surface area contributed by atoms with Gasteiger partial charge in [-0.05, 0) is 18.6 Å². The normalized spacial score (nSPS) is 12.0. The molecule has 172 valence electrons. The number of hydrogen-bond donors (Lipinski definition) is 1. The molecule has 1 N–H and O–H groups in total. The summed E-state index contributed by atoms with van der Waals surface area (Å²) in [5.41, 5.74) is 0. The van der Waals surface area contributed by atoms with Gasteiger partial charge in [0.1, 0.15) is 12.4 Å². The molecule has 0 spiro atoms. The van der Waals surface area contributed by atoms with E-state index in [1.54, 1.807) is 0 Å². The molecule has 1 atom stereocenters. The molecule has 1 aromatic rings. The van der Waals surface area contributed by atoms with Crippen LogP contribution < -0.4 is 4.74 Å². The fourth-order valence-electron chi connectivity index (χ4n) is 3.67. The number of ether oxygens (including phenoxy) is 2. The first-order valence-corrected chi connectivity index (χ1v) is 12.3. The quantitative estimate of drug-likeness (QED) is 0.210. The molecular weight excluding hydrogens is 376 g/mol. The maximum Gasteiger partial charge on any atom is 0.332 e. The first-order valence-electron chi connectivity index (χ1n) is 12.3. The topological polar surface area (TPSA) is 55.8 Å². The van der Waals surface area contributed by atoms with E-state index in [1.165, 1.54) is 77.0 Å². The average molecular weight is 421 g/mol. The number of benzene rings is 1. The smallest absolute Gasteiger partial charge is 0.332 e. The van der Waals surface area contributed by atoms with Crippen LogP contribution in [0.1, 0.15) is 103 Å². The Labute approximate surface area is 184 Å². The van der Waals surface area contributed by atoms with Gasteiger partial charge < -0.3 is 14.6 Å². The van der Waals surface area contributed by atoms with Crippen molar-refractivity contribution < 1.29 is 19.4 Å². The van der Waals surface area contributed by atoms with Crippen molar-refractivity contribution in [3.63, 3.8) is 0 Å². The highest BCUT2D eigenvalue weighted by atomic mass is 16.5. The highest BCUT2D eigenvalue weighted by Crippen LogP contribution is 2.14. The lowest BCUT2D eigenvalue weighted by Crippen LogP contribution is -2.26. The summed E-state index contributed by atoms with van der Waals surface area (Å²) in [6.07, 6.45) is 18.1. The number of carbonyl (C=O) groups is 1. The maximum atomic E-state index is 11.4. The number of para-hydroxylation sites is 1. The van der Waals surface area contributed by atoms with E-state index in [0.29, 0.717) is 19.6 Å². The van der Waals surface area contributed by atoms with E-state index < -0.39 is 12.1 Å². The first kappa shape index (κ1) is 26.5. The Kier molecular flexibility index (Phi) is 17.1. The van der Waals surface area contributed by atoms with Crippen LogP contribution in [0.3, 0.4) is 0 Å². The average Bonchev–Trinajstić information content (AvgIpc) is 2.75. The maximum absolute atomic E-state index is 11.4. The van der Waals surface area contributed by atoms with Crippen molar-refractivity contribution >= 4 is 5.97 Å². The Balaban J connectivity index is 1.91. The number of unbranched alkanes of at least 4 members (excludes halogenated alkanes) is 13. The van der Waals surface area contributed by atoms with Crippen LogP contribution in [0.25, 0.3) is 0 Å². The molecule has 1 aromatic carbocycles. The molecular formula is C26H44O4. The molecule has 0 aliphatic carbocycles. The monoisotopic (exact) mass is 420 g/mol. The molecule has 0 aliphatic rings. The van der Waals surface area contributed by atoms with E-state index in [-0.39, 0.29) is 0 Å². The predicted octanol–water partition coefficient (Wildman–Crippen LogP) is 7.41. The van der Waals surface area contributed by atoms with Gasteiger partial charge in [-0.25, -0.2) is 4.79 Å². The van der Waals surface area contributed by atoms with Crippen LogP contribution in [0.4, 0.5) is 0 Å². The fraction of sp³-hybridized carbons (Fsp3) is 0.731. The minimum atomic E-state index is -0.871. The molecule has 0 aromatic heterocycles. The van der Waals surface area contributed by atoms with E-state index in [2.05, 4.69) is 6.92 Å². The molecule has 0 saturated carbocycles. The van der Waals surface area contributed by atoms with Crippen molar-refractivity contribution in [1.29, 1.82) is 0 Å². The van der Waals surface area contributed by atoms with E-state index in [0.717, 1.165) is 18.6 Å². The van der Waals surface area contributed by atoms with Crippen LogP contribution in [0.15, 0.2) is 30.3 Å². The molecule has 0 heterocycles. The van der Waals surface area contributed by atoms with E-state index in [1.807, 2.05) is 30.3 Å². The third-order valence-corrected chi connectivity index (χ3v) is 5.51. The number of carboxylic acids is 1. The third kappa shape index (κ3) is 15.3. The Bertz CT molecular complexity index is 503. The molecule has 30 heavy (non-hydrogen) atoms. The first-order chi connectivity index (χ1) is 14.7.